The summed E-state index contributed by atoms with van der Waals surface area (Å²) in [7, 11) is 0. The first-order chi connectivity index (χ1) is 11.3. The van der Waals surface area contributed by atoms with Gasteiger partial charge in [-0.25, -0.2) is 4.68 Å². The number of tetrazole rings is 1. The average Bonchev–Trinajstić information content (AvgIpc) is 3.29. The van der Waals surface area contributed by atoms with Crippen LogP contribution in [0.5, 0.6) is 0 Å². The minimum atomic E-state index is 0.0611. The van der Waals surface area contributed by atoms with Crippen molar-refractivity contribution in [2.24, 2.45) is 0 Å². The number of nitrogens with one attached hydrogen (secondary N) is 1. The maximum absolute atomic E-state index is 12.2. The van der Waals surface area contributed by atoms with Gasteiger partial charge < -0.3 is 5.32 Å². The second-order valence-corrected chi connectivity index (χ2v) is 7.14. The summed E-state index contributed by atoms with van der Waals surface area (Å²) in [6.07, 6.45) is 4.45. The maximum Gasteiger partial charge on any atom is 0.230 e. The number of hydrogen-bond donors (Lipinski definition) is 1. The number of carbonyl (C=O) groups is 1. The molecule has 1 aromatic heterocycles. The number of hydrogen-bond acceptors (Lipinski definition) is 5. The van der Waals surface area contributed by atoms with Gasteiger partial charge in [0.2, 0.25) is 11.1 Å². The van der Waals surface area contributed by atoms with Crippen LogP contribution in [-0.2, 0) is 4.79 Å². The predicted molar refractivity (Wildman–Crippen MR) is 87.2 cm³/mol. The molecule has 120 valence electrons. The van der Waals surface area contributed by atoms with Crippen LogP contribution in [0.4, 0.5) is 0 Å². The summed E-state index contributed by atoms with van der Waals surface area (Å²) in [4.78, 5) is 12.2. The van der Waals surface area contributed by atoms with Crippen LogP contribution >= 0.6 is 11.8 Å². The SMILES string of the molecule is O=C(CSc1nnnn1C1CC1)N[C@@H]1CC[C@@H]1c1ccccc1. The third-order valence-corrected chi connectivity index (χ3v) is 5.47. The van der Waals surface area contributed by atoms with Gasteiger partial charge in [0.05, 0.1) is 11.8 Å². The Kier molecular flexibility index (Phi) is 4.03. The van der Waals surface area contributed by atoms with Gasteiger partial charge in [-0.05, 0) is 41.7 Å². The molecule has 2 saturated carbocycles. The zero-order valence-corrected chi connectivity index (χ0v) is 13.6. The van der Waals surface area contributed by atoms with E-state index in [0.29, 0.717) is 17.7 Å². The summed E-state index contributed by atoms with van der Waals surface area (Å²) in [5.74, 6) is 0.873. The van der Waals surface area contributed by atoms with Gasteiger partial charge in [-0.1, -0.05) is 42.1 Å². The van der Waals surface area contributed by atoms with Gasteiger partial charge in [-0.15, -0.1) is 5.10 Å². The van der Waals surface area contributed by atoms with Crippen molar-refractivity contribution in [3.05, 3.63) is 35.9 Å². The molecular formula is C16H19N5OS. The van der Waals surface area contributed by atoms with E-state index in [2.05, 4.69) is 45.1 Å². The largest absolute Gasteiger partial charge is 0.352 e. The van der Waals surface area contributed by atoms with Crippen LogP contribution in [0.25, 0.3) is 0 Å². The van der Waals surface area contributed by atoms with Crippen LogP contribution in [0.3, 0.4) is 0 Å². The summed E-state index contributed by atoms with van der Waals surface area (Å²) < 4.78 is 1.84. The molecule has 0 radical (unpaired) electrons. The van der Waals surface area contributed by atoms with E-state index >= 15 is 0 Å². The summed E-state index contributed by atoms with van der Waals surface area (Å²) in [5, 5.41) is 15.6. The Bertz CT molecular complexity index is 685. The number of thioether (sulfide) groups is 1. The van der Waals surface area contributed by atoms with Crippen molar-refractivity contribution < 1.29 is 4.79 Å². The fraction of sp³-hybridized carbons (Fsp3) is 0.500. The summed E-state index contributed by atoms with van der Waals surface area (Å²) >= 11 is 1.42. The highest BCUT2D eigenvalue weighted by atomic mass is 32.2. The first-order valence-electron chi connectivity index (χ1n) is 8.06. The van der Waals surface area contributed by atoms with Gasteiger partial charge in [0.25, 0.3) is 0 Å². The number of amides is 1. The molecule has 2 fully saturated rings. The van der Waals surface area contributed by atoms with Crippen molar-refractivity contribution >= 4 is 17.7 Å². The molecule has 23 heavy (non-hydrogen) atoms. The number of carbonyl (C=O) groups excluding carboxylic acids is 1. The summed E-state index contributed by atoms with van der Waals surface area (Å²) in [6.45, 7) is 0. The molecule has 2 atom stereocenters. The van der Waals surface area contributed by atoms with Gasteiger partial charge in [-0.3, -0.25) is 4.79 Å². The topological polar surface area (TPSA) is 72.7 Å². The molecule has 6 nitrogen and oxygen atoms in total. The van der Waals surface area contributed by atoms with Gasteiger partial charge in [0.15, 0.2) is 0 Å². The predicted octanol–water partition coefficient (Wildman–Crippen LogP) is 2.16. The number of aromatic nitrogens is 4. The Hall–Kier alpha value is -1.89. The van der Waals surface area contributed by atoms with E-state index in [1.165, 1.54) is 17.3 Å². The Morgan fingerprint density at radius 2 is 2.04 bits per heavy atom. The lowest BCUT2D eigenvalue weighted by Gasteiger charge is -2.37. The molecule has 2 aliphatic rings. The van der Waals surface area contributed by atoms with Crippen molar-refractivity contribution in [3.63, 3.8) is 0 Å². The minimum Gasteiger partial charge on any atom is -0.352 e. The molecular weight excluding hydrogens is 310 g/mol. The molecule has 0 spiro atoms. The highest BCUT2D eigenvalue weighted by Gasteiger charge is 2.33. The molecule has 1 heterocycles. The summed E-state index contributed by atoms with van der Waals surface area (Å²) in [6, 6.07) is 11.1. The van der Waals surface area contributed by atoms with Crippen molar-refractivity contribution in [2.75, 3.05) is 5.75 Å². The maximum atomic E-state index is 12.2. The standard InChI is InChI=1S/C16H19N5OS/c22-15(10-23-16-18-19-20-21(16)12-6-7-12)17-14-9-8-13(14)11-4-2-1-3-5-11/h1-5,12-14H,6-10H2,(H,17,22)/t13-,14-/m1/s1. The Morgan fingerprint density at radius 1 is 1.22 bits per heavy atom. The molecule has 7 heteroatoms. The van der Waals surface area contributed by atoms with Gasteiger partial charge in [0.1, 0.15) is 0 Å². The third kappa shape index (κ3) is 3.24. The van der Waals surface area contributed by atoms with E-state index in [9.17, 15) is 4.79 Å². The van der Waals surface area contributed by atoms with E-state index in [1.807, 2.05) is 10.7 Å². The lowest BCUT2D eigenvalue weighted by molar-refractivity contribution is -0.119. The Morgan fingerprint density at radius 3 is 2.74 bits per heavy atom. The van der Waals surface area contributed by atoms with Crippen LogP contribution in [0.15, 0.2) is 35.5 Å². The molecule has 0 aliphatic heterocycles. The van der Waals surface area contributed by atoms with Crippen LogP contribution in [0.1, 0.15) is 43.2 Å². The molecule has 2 aliphatic carbocycles. The molecule has 0 bridgehead atoms. The quantitative estimate of drug-likeness (QED) is 0.822. The monoisotopic (exact) mass is 329 g/mol. The normalized spacial score (nSPS) is 23.3. The van der Waals surface area contributed by atoms with Gasteiger partial charge in [-0.2, -0.15) is 0 Å². The lowest BCUT2D eigenvalue weighted by Crippen LogP contribution is -2.46. The fourth-order valence-electron chi connectivity index (χ4n) is 2.98. The minimum absolute atomic E-state index is 0.0611. The van der Waals surface area contributed by atoms with Gasteiger partial charge in [0, 0.05) is 12.0 Å². The van der Waals surface area contributed by atoms with Crippen molar-refractivity contribution in [3.8, 4) is 0 Å². The molecule has 4 rings (SSSR count). The highest BCUT2D eigenvalue weighted by Crippen LogP contribution is 2.37. The highest BCUT2D eigenvalue weighted by molar-refractivity contribution is 7.99. The molecule has 0 saturated heterocycles. The number of rotatable bonds is 6. The second kappa shape index (κ2) is 6.31. The van der Waals surface area contributed by atoms with Crippen molar-refractivity contribution in [1.82, 2.24) is 25.5 Å². The third-order valence-electron chi connectivity index (χ3n) is 4.54. The van der Waals surface area contributed by atoms with Crippen LogP contribution in [-0.4, -0.2) is 37.9 Å². The Balaban J connectivity index is 1.29. The number of benzene rings is 1. The van der Waals surface area contributed by atoms with Crippen LogP contribution < -0.4 is 5.32 Å². The van der Waals surface area contributed by atoms with Crippen molar-refractivity contribution in [1.29, 1.82) is 0 Å². The van der Waals surface area contributed by atoms with E-state index in [-0.39, 0.29) is 11.9 Å². The Labute approximate surface area is 139 Å². The second-order valence-electron chi connectivity index (χ2n) is 6.19. The van der Waals surface area contributed by atoms with Crippen LogP contribution in [0, 0.1) is 0 Å². The smallest absolute Gasteiger partial charge is 0.230 e. The van der Waals surface area contributed by atoms with Gasteiger partial charge >= 0.3 is 0 Å². The molecule has 1 amide bonds. The first kappa shape index (κ1) is 14.7. The van der Waals surface area contributed by atoms with E-state index in [4.69, 9.17) is 0 Å². The van der Waals surface area contributed by atoms with Crippen molar-refractivity contribution in [2.45, 2.75) is 48.8 Å². The zero-order chi connectivity index (χ0) is 15.6. The zero-order valence-electron chi connectivity index (χ0n) is 12.8. The average molecular weight is 329 g/mol. The van der Waals surface area contributed by atoms with E-state index < -0.39 is 0 Å². The fourth-order valence-corrected chi connectivity index (χ4v) is 3.73. The molecule has 1 N–H and O–H groups in total. The molecule has 1 aromatic carbocycles. The van der Waals surface area contributed by atoms with Crippen LogP contribution in [0.2, 0.25) is 0 Å². The molecule has 2 aromatic rings. The van der Waals surface area contributed by atoms with E-state index in [0.717, 1.165) is 30.8 Å². The number of nitrogens with zero attached hydrogens (tertiary/aromatic N) is 4. The molecule has 0 unspecified atom stereocenters. The summed E-state index contributed by atoms with van der Waals surface area (Å²) in [5.41, 5.74) is 1.31. The van der Waals surface area contributed by atoms with E-state index in [1.54, 1.807) is 0 Å². The lowest BCUT2D eigenvalue weighted by atomic mass is 9.75. The first-order valence-corrected chi connectivity index (χ1v) is 9.05.